The van der Waals surface area contributed by atoms with Crippen LogP contribution in [-0.4, -0.2) is 147 Å². The molecule has 360 valence electrons. The van der Waals surface area contributed by atoms with Gasteiger partial charge in [0.25, 0.3) is 0 Å². The summed E-state index contributed by atoms with van der Waals surface area (Å²) in [7, 11) is 0. The van der Waals surface area contributed by atoms with Crippen molar-refractivity contribution >= 4 is 29.8 Å². The van der Waals surface area contributed by atoms with Gasteiger partial charge in [-0.25, -0.2) is 4.79 Å². The minimum Gasteiger partial charge on any atom is -0.460 e. The predicted octanol–water partition coefficient (Wildman–Crippen LogP) is 2.65. The smallest absolute Gasteiger partial charge is 0.338 e. The van der Waals surface area contributed by atoms with Crippen LogP contribution in [0.3, 0.4) is 0 Å². The Morgan fingerprint density at radius 2 is 1.57 bits per heavy atom. The zero-order chi connectivity index (χ0) is 47.9. The topological polar surface area (TPSA) is 240 Å². The van der Waals surface area contributed by atoms with Gasteiger partial charge in [0.05, 0.1) is 31.4 Å². The fourth-order valence-corrected chi connectivity index (χ4v) is 8.72. The first-order valence-corrected chi connectivity index (χ1v) is 22.6. The molecule has 6 N–H and O–H groups in total. The summed E-state index contributed by atoms with van der Waals surface area (Å²) >= 11 is 0. The Hall–Kier alpha value is -5.34. The van der Waals surface area contributed by atoms with E-state index in [1.54, 1.807) is 63.3 Å². The van der Waals surface area contributed by atoms with E-state index < -0.39 is 109 Å². The Kier molecular flexibility index (Phi) is 16.1. The van der Waals surface area contributed by atoms with Crippen molar-refractivity contribution in [3.8, 4) is 0 Å². The lowest BCUT2D eigenvalue weighted by atomic mass is 9.91. The fraction of sp³-hybridized carbons (Fsp3) is 0.480. The number of likely N-dealkylation sites (tertiary alicyclic amines) is 1. The van der Waals surface area contributed by atoms with Gasteiger partial charge in [-0.2, -0.15) is 0 Å². The van der Waals surface area contributed by atoms with Crippen molar-refractivity contribution in [2.45, 2.75) is 125 Å². The molecular formula is C50H60N2O15. The van der Waals surface area contributed by atoms with E-state index in [9.17, 15) is 44.7 Å². The normalized spacial score (nSPS) is 27.5. The lowest BCUT2D eigenvalue weighted by Crippen LogP contribution is -2.59. The lowest BCUT2D eigenvalue weighted by molar-refractivity contribution is -0.298. The molecule has 0 aromatic heterocycles. The minimum absolute atomic E-state index is 0.0189. The van der Waals surface area contributed by atoms with E-state index in [1.165, 1.54) is 4.90 Å². The van der Waals surface area contributed by atoms with Crippen LogP contribution in [0.25, 0.3) is 6.08 Å². The number of ether oxygens (including phenoxy) is 6. The molecule has 0 saturated carbocycles. The number of nitrogens with zero attached hydrogens (tertiary/aromatic N) is 1. The Morgan fingerprint density at radius 1 is 0.896 bits per heavy atom. The van der Waals surface area contributed by atoms with E-state index in [0.29, 0.717) is 29.5 Å². The number of hydrogen-bond donors (Lipinski definition) is 6. The number of aliphatic hydroxyl groups is 5. The molecule has 3 saturated heterocycles. The third-order valence-electron chi connectivity index (χ3n) is 12.1. The van der Waals surface area contributed by atoms with Gasteiger partial charge in [-0.1, -0.05) is 84.9 Å². The molecule has 3 fully saturated rings. The molecule has 0 radical (unpaired) electrons. The lowest BCUT2D eigenvalue weighted by Gasteiger charge is -2.39. The summed E-state index contributed by atoms with van der Waals surface area (Å²) in [5.74, 6) is -3.47. The van der Waals surface area contributed by atoms with Crippen LogP contribution >= 0.6 is 0 Å². The van der Waals surface area contributed by atoms with Crippen LogP contribution in [0.1, 0.15) is 79.9 Å². The van der Waals surface area contributed by atoms with Gasteiger partial charge in [0.2, 0.25) is 17.6 Å². The van der Waals surface area contributed by atoms with Crippen LogP contribution in [0.5, 0.6) is 0 Å². The SMILES string of the molecule is CC(C)(C)OC(=O)CC[C@@H](CO)NC(=O)[C@H]1CCCN1C(=O)C1=C[C@H]2OC(c3ccccc3)(c3ccccc3)O[C@H]2[C@H](OC(=O)c2ccc(C=CCO[C@H]3O[C@H](CO)[C@H](O)[C@H](O)[C@H]3O)cc2)C1. The van der Waals surface area contributed by atoms with Crippen LogP contribution in [0.15, 0.2) is 103 Å². The summed E-state index contributed by atoms with van der Waals surface area (Å²) in [6.45, 7) is 4.50. The molecule has 17 heteroatoms. The highest BCUT2D eigenvalue weighted by molar-refractivity contribution is 5.98. The number of hydrogen-bond acceptors (Lipinski definition) is 15. The van der Waals surface area contributed by atoms with E-state index in [-0.39, 0.29) is 43.6 Å². The molecule has 3 aromatic carbocycles. The zero-order valence-corrected chi connectivity index (χ0v) is 37.7. The maximum atomic E-state index is 14.6. The second-order valence-corrected chi connectivity index (χ2v) is 18.1. The summed E-state index contributed by atoms with van der Waals surface area (Å²) in [5.41, 5.74) is 1.86. The minimum atomic E-state index is -1.56. The Morgan fingerprint density at radius 3 is 2.19 bits per heavy atom. The van der Waals surface area contributed by atoms with E-state index in [4.69, 9.17) is 28.4 Å². The third kappa shape index (κ3) is 11.7. The van der Waals surface area contributed by atoms with Crippen molar-refractivity contribution in [2.24, 2.45) is 0 Å². The first-order chi connectivity index (χ1) is 32.1. The Bertz CT molecular complexity index is 2190. The molecule has 0 unspecified atom stereocenters. The number of aliphatic hydroxyl groups excluding tert-OH is 5. The van der Waals surface area contributed by atoms with E-state index in [1.807, 2.05) is 60.7 Å². The molecule has 17 nitrogen and oxygen atoms in total. The van der Waals surface area contributed by atoms with Gasteiger partial charge in [-0.3, -0.25) is 14.4 Å². The van der Waals surface area contributed by atoms with Crippen LogP contribution in [0.4, 0.5) is 0 Å². The summed E-state index contributed by atoms with van der Waals surface area (Å²) in [5, 5.41) is 52.6. The second kappa shape index (κ2) is 21.7. The zero-order valence-electron chi connectivity index (χ0n) is 37.7. The standard InChI is InChI=1S/C50H60N2O15/c1-49(2,3)66-40(55)23-22-35(28-53)51-45(59)36-17-10-24-52(36)46(60)32-26-37(44-38(27-32)65-50(67-44,33-13-6-4-7-14-33)34-15-8-5-9-16-34)63-47(61)31-20-18-30(19-21-31)12-11-25-62-48-43(58)42(57)41(56)39(29-54)64-48/h4-9,11-16,18-21,27,35-39,41-44,48,53-54,56-58H,10,17,22-26,28-29H2,1-3H3,(H,51,59)/t35-,36+,37+,38+,39+,41-,42-,43+,44-,48-/m0/s1. The maximum Gasteiger partial charge on any atom is 0.338 e. The number of fused-ring (bicyclic) bond motifs is 1. The molecule has 3 aromatic rings. The molecule has 2 amide bonds. The van der Waals surface area contributed by atoms with Crippen molar-refractivity contribution < 1.29 is 73.1 Å². The molecule has 4 aliphatic rings. The molecule has 67 heavy (non-hydrogen) atoms. The molecule has 3 aliphatic heterocycles. The van der Waals surface area contributed by atoms with Gasteiger partial charge in [-0.15, -0.1) is 0 Å². The number of rotatable bonds is 16. The Balaban J connectivity index is 1.07. The number of carbonyl (C=O) groups is 4. The molecular weight excluding hydrogens is 869 g/mol. The predicted molar refractivity (Wildman–Crippen MR) is 239 cm³/mol. The highest BCUT2D eigenvalue weighted by atomic mass is 16.8. The van der Waals surface area contributed by atoms with Crippen LogP contribution < -0.4 is 5.32 Å². The van der Waals surface area contributed by atoms with Crippen molar-refractivity contribution in [3.63, 3.8) is 0 Å². The molecule has 0 spiro atoms. The van der Waals surface area contributed by atoms with Gasteiger partial charge in [0, 0.05) is 36.1 Å². The fourth-order valence-electron chi connectivity index (χ4n) is 8.72. The van der Waals surface area contributed by atoms with Crippen molar-refractivity contribution in [1.82, 2.24) is 10.2 Å². The Labute approximate surface area is 388 Å². The van der Waals surface area contributed by atoms with Gasteiger partial charge in [0.1, 0.15) is 54.4 Å². The van der Waals surface area contributed by atoms with Gasteiger partial charge in [0.15, 0.2) is 6.29 Å². The third-order valence-corrected chi connectivity index (χ3v) is 12.1. The highest BCUT2D eigenvalue weighted by Crippen LogP contribution is 2.47. The summed E-state index contributed by atoms with van der Waals surface area (Å²) in [6, 6.07) is 23.6. The second-order valence-electron chi connectivity index (χ2n) is 18.1. The number of carbonyl (C=O) groups excluding carboxylic acids is 4. The number of benzene rings is 3. The number of esters is 2. The van der Waals surface area contributed by atoms with Crippen molar-refractivity contribution in [1.29, 1.82) is 0 Å². The van der Waals surface area contributed by atoms with Gasteiger partial charge >= 0.3 is 11.9 Å². The van der Waals surface area contributed by atoms with E-state index >= 15 is 0 Å². The summed E-state index contributed by atoms with van der Waals surface area (Å²) < 4.78 is 36.3. The van der Waals surface area contributed by atoms with Crippen LogP contribution in [0, 0.1) is 0 Å². The number of nitrogens with one attached hydrogen (secondary N) is 1. The van der Waals surface area contributed by atoms with Crippen molar-refractivity contribution in [3.05, 3.63) is 125 Å². The average molecular weight is 929 g/mol. The van der Waals surface area contributed by atoms with E-state index in [0.717, 1.165) is 0 Å². The molecule has 1 aliphatic carbocycles. The molecule has 0 bridgehead atoms. The molecule has 10 atom stereocenters. The summed E-state index contributed by atoms with van der Waals surface area (Å²) in [6.07, 6.45) is -3.73. The maximum absolute atomic E-state index is 14.6. The average Bonchev–Trinajstić information content (AvgIpc) is 3.99. The van der Waals surface area contributed by atoms with Crippen molar-refractivity contribution in [2.75, 3.05) is 26.4 Å². The molecule has 7 rings (SSSR count). The van der Waals surface area contributed by atoms with Crippen LogP contribution in [0.2, 0.25) is 0 Å². The molecule has 3 heterocycles. The highest BCUT2D eigenvalue weighted by Gasteiger charge is 2.55. The van der Waals surface area contributed by atoms with Crippen LogP contribution in [-0.2, 0) is 48.6 Å². The summed E-state index contributed by atoms with van der Waals surface area (Å²) in [4.78, 5) is 56.2. The number of amides is 2. The van der Waals surface area contributed by atoms with Gasteiger partial charge < -0.3 is 64.2 Å². The largest absolute Gasteiger partial charge is 0.460 e. The van der Waals surface area contributed by atoms with E-state index in [2.05, 4.69) is 5.32 Å². The first-order valence-electron chi connectivity index (χ1n) is 22.6. The quantitative estimate of drug-likeness (QED) is 0.113. The first kappa shape index (κ1) is 49.6. The van der Waals surface area contributed by atoms with Gasteiger partial charge in [-0.05, 0) is 63.8 Å². The monoisotopic (exact) mass is 928 g/mol.